The van der Waals surface area contributed by atoms with E-state index in [1.54, 1.807) is 13.8 Å². The molecule has 102 valence electrons. The summed E-state index contributed by atoms with van der Waals surface area (Å²) in [6.07, 6.45) is 2.35. The number of Topliss-reactive ketones (excluding diaryl/α,β-unsaturated/α-hetero) is 2. The lowest BCUT2D eigenvalue weighted by atomic mass is 10.0. The number of unbranched alkanes of at least 4 members (excludes halogenated alkanes) is 1. The molecule has 0 heterocycles. The van der Waals surface area contributed by atoms with E-state index >= 15 is 0 Å². The molecule has 0 aromatic heterocycles. The van der Waals surface area contributed by atoms with Crippen molar-refractivity contribution in [3.8, 4) is 0 Å². The first-order chi connectivity index (χ1) is 8.49. The molecule has 0 saturated carbocycles. The summed E-state index contributed by atoms with van der Waals surface area (Å²) in [5.74, 6) is 0.0108. The zero-order valence-corrected chi connectivity index (χ0v) is 10.8. The van der Waals surface area contributed by atoms with Crippen molar-refractivity contribution in [3.63, 3.8) is 0 Å². The highest BCUT2D eigenvalue weighted by atomic mass is 16.4. The van der Waals surface area contributed by atoms with E-state index in [4.69, 9.17) is 10.4 Å². The van der Waals surface area contributed by atoms with E-state index in [1.807, 2.05) is 0 Å². The average Bonchev–Trinajstić information content (AvgIpc) is 2.34. The van der Waals surface area contributed by atoms with E-state index in [-0.39, 0.29) is 24.4 Å². The summed E-state index contributed by atoms with van der Waals surface area (Å²) in [6, 6.07) is 0. The molecule has 0 aromatic carbocycles. The molecule has 0 rings (SSSR count). The molecule has 0 aliphatic rings. The summed E-state index contributed by atoms with van der Waals surface area (Å²) in [4.78, 5) is 22.7. The lowest BCUT2D eigenvalue weighted by Gasteiger charge is -2.01. The van der Waals surface area contributed by atoms with Gasteiger partial charge in [-0.1, -0.05) is 10.3 Å². The number of carbonyl (C=O) groups excluding carboxylic acids is 2. The van der Waals surface area contributed by atoms with Crippen LogP contribution in [0.25, 0.3) is 0 Å². The first kappa shape index (κ1) is 16.3. The van der Waals surface area contributed by atoms with Gasteiger partial charge in [0.1, 0.15) is 11.6 Å². The van der Waals surface area contributed by atoms with Crippen LogP contribution in [0.5, 0.6) is 0 Å². The minimum absolute atomic E-state index is 0.00542. The highest BCUT2D eigenvalue weighted by Gasteiger charge is 2.07. The Morgan fingerprint density at radius 1 is 0.833 bits per heavy atom. The molecule has 0 fully saturated rings. The quantitative estimate of drug-likeness (QED) is 0.286. The Kier molecular flexibility index (Phi) is 8.43. The second-order valence-electron chi connectivity index (χ2n) is 4.31. The number of hydrogen-bond donors (Lipinski definition) is 2. The standard InChI is InChI=1S/C12H20N2O4/c1-9(13-17)7-11(15)5-3-4-6-12(16)8-10(2)14-18/h17-18H,3-8H2,1-2H3/b13-9+,14-10+. The van der Waals surface area contributed by atoms with Gasteiger partial charge < -0.3 is 10.4 Å². The lowest BCUT2D eigenvalue weighted by molar-refractivity contribution is -0.119. The molecule has 6 nitrogen and oxygen atoms in total. The maximum absolute atomic E-state index is 11.4. The van der Waals surface area contributed by atoms with Crippen molar-refractivity contribution >= 4 is 23.0 Å². The Labute approximate surface area is 106 Å². The molecule has 0 unspecified atom stereocenters. The number of nitrogens with zero attached hydrogens (tertiary/aromatic N) is 2. The van der Waals surface area contributed by atoms with Gasteiger partial charge >= 0.3 is 0 Å². The second kappa shape index (κ2) is 9.32. The minimum atomic E-state index is 0.00542. The Morgan fingerprint density at radius 3 is 1.44 bits per heavy atom. The van der Waals surface area contributed by atoms with Gasteiger partial charge in [0.25, 0.3) is 0 Å². The lowest BCUT2D eigenvalue weighted by Crippen LogP contribution is -2.06. The fourth-order valence-corrected chi connectivity index (χ4v) is 1.46. The molecule has 0 aliphatic heterocycles. The number of ketones is 2. The molecule has 0 amide bonds. The zero-order valence-electron chi connectivity index (χ0n) is 10.8. The smallest absolute Gasteiger partial charge is 0.138 e. The Hall–Kier alpha value is -1.72. The number of rotatable bonds is 9. The number of carbonyl (C=O) groups is 2. The van der Waals surface area contributed by atoms with Gasteiger partial charge in [0.15, 0.2) is 0 Å². The molecule has 0 aliphatic carbocycles. The van der Waals surface area contributed by atoms with Crippen molar-refractivity contribution in [2.45, 2.75) is 52.4 Å². The molecule has 2 N–H and O–H groups in total. The van der Waals surface area contributed by atoms with Crippen LogP contribution in [0.3, 0.4) is 0 Å². The summed E-state index contributed by atoms with van der Waals surface area (Å²) in [6.45, 7) is 3.16. The van der Waals surface area contributed by atoms with Gasteiger partial charge in [-0.15, -0.1) is 0 Å². The minimum Gasteiger partial charge on any atom is -0.411 e. The maximum atomic E-state index is 11.4. The highest BCUT2D eigenvalue weighted by molar-refractivity contribution is 6.01. The molecule has 0 atom stereocenters. The van der Waals surface area contributed by atoms with Crippen LogP contribution in [0, 0.1) is 0 Å². The van der Waals surface area contributed by atoms with Crippen molar-refractivity contribution in [2.75, 3.05) is 0 Å². The molecule has 0 bridgehead atoms. The second-order valence-corrected chi connectivity index (χ2v) is 4.31. The third-order valence-corrected chi connectivity index (χ3v) is 2.41. The normalized spacial score (nSPS) is 12.6. The molecule has 0 saturated heterocycles. The molecular formula is C12H20N2O4. The Balaban J connectivity index is 3.68. The summed E-state index contributed by atoms with van der Waals surface area (Å²) in [5.41, 5.74) is 0.789. The third-order valence-electron chi connectivity index (χ3n) is 2.41. The van der Waals surface area contributed by atoms with Crippen LogP contribution in [0.1, 0.15) is 52.4 Å². The average molecular weight is 256 g/mol. The summed E-state index contributed by atoms with van der Waals surface area (Å²) < 4.78 is 0. The van der Waals surface area contributed by atoms with E-state index in [0.717, 1.165) is 0 Å². The maximum Gasteiger partial charge on any atom is 0.138 e. The van der Waals surface area contributed by atoms with E-state index in [0.29, 0.717) is 37.1 Å². The van der Waals surface area contributed by atoms with Crippen LogP contribution in [0.2, 0.25) is 0 Å². The van der Waals surface area contributed by atoms with E-state index in [9.17, 15) is 9.59 Å². The topological polar surface area (TPSA) is 99.3 Å². The van der Waals surface area contributed by atoms with Crippen molar-refractivity contribution < 1.29 is 20.0 Å². The number of oxime groups is 2. The van der Waals surface area contributed by atoms with Crippen molar-refractivity contribution in [1.29, 1.82) is 0 Å². The van der Waals surface area contributed by atoms with E-state index in [1.165, 1.54) is 0 Å². The first-order valence-corrected chi connectivity index (χ1v) is 5.88. The first-order valence-electron chi connectivity index (χ1n) is 5.88. The molecule has 6 heteroatoms. The third kappa shape index (κ3) is 8.43. The molecule has 0 aromatic rings. The fourth-order valence-electron chi connectivity index (χ4n) is 1.46. The predicted octanol–water partition coefficient (Wildman–Crippen LogP) is 2.17. The van der Waals surface area contributed by atoms with Crippen LogP contribution < -0.4 is 0 Å². The SMILES string of the molecule is C/C(CC(=O)CCCCC(=O)C/C(C)=N/O)=N\O. The van der Waals surface area contributed by atoms with Gasteiger partial charge in [-0.3, -0.25) is 9.59 Å². The van der Waals surface area contributed by atoms with E-state index in [2.05, 4.69) is 10.3 Å². The van der Waals surface area contributed by atoms with Gasteiger partial charge in [-0.25, -0.2) is 0 Å². The van der Waals surface area contributed by atoms with Crippen LogP contribution in [0.4, 0.5) is 0 Å². The predicted molar refractivity (Wildman–Crippen MR) is 67.5 cm³/mol. The van der Waals surface area contributed by atoms with Gasteiger partial charge in [0, 0.05) is 25.7 Å². The van der Waals surface area contributed by atoms with Crippen LogP contribution >= 0.6 is 0 Å². The Morgan fingerprint density at radius 2 is 1.17 bits per heavy atom. The van der Waals surface area contributed by atoms with Crippen LogP contribution in [-0.2, 0) is 9.59 Å². The van der Waals surface area contributed by atoms with Crippen molar-refractivity contribution in [2.24, 2.45) is 10.3 Å². The van der Waals surface area contributed by atoms with Gasteiger partial charge in [0.2, 0.25) is 0 Å². The largest absolute Gasteiger partial charge is 0.411 e. The van der Waals surface area contributed by atoms with Gasteiger partial charge in [-0.05, 0) is 26.7 Å². The van der Waals surface area contributed by atoms with E-state index < -0.39 is 0 Å². The van der Waals surface area contributed by atoms with Gasteiger partial charge in [0.05, 0.1) is 11.4 Å². The van der Waals surface area contributed by atoms with Gasteiger partial charge in [-0.2, -0.15) is 0 Å². The summed E-state index contributed by atoms with van der Waals surface area (Å²) in [7, 11) is 0. The molecule has 18 heavy (non-hydrogen) atoms. The zero-order chi connectivity index (χ0) is 14.0. The Bertz CT molecular complexity index is 314. The summed E-state index contributed by atoms with van der Waals surface area (Å²) in [5, 5.41) is 22.7. The highest BCUT2D eigenvalue weighted by Crippen LogP contribution is 2.05. The monoisotopic (exact) mass is 256 g/mol. The van der Waals surface area contributed by atoms with Crippen molar-refractivity contribution in [3.05, 3.63) is 0 Å². The fraction of sp³-hybridized carbons (Fsp3) is 0.667. The van der Waals surface area contributed by atoms with Crippen LogP contribution in [0.15, 0.2) is 10.3 Å². The number of hydrogen-bond acceptors (Lipinski definition) is 6. The van der Waals surface area contributed by atoms with Crippen LogP contribution in [-0.4, -0.2) is 33.4 Å². The summed E-state index contributed by atoms with van der Waals surface area (Å²) >= 11 is 0. The molecular weight excluding hydrogens is 236 g/mol. The van der Waals surface area contributed by atoms with Crippen molar-refractivity contribution in [1.82, 2.24) is 0 Å². The molecule has 0 radical (unpaired) electrons. The molecule has 0 spiro atoms.